The molecule has 0 amide bonds. The van der Waals surface area contributed by atoms with Gasteiger partial charge in [0.2, 0.25) is 0 Å². The summed E-state index contributed by atoms with van der Waals surface area (Å²) in [6, 6.07) is 14.4. The van der Waals surface area contributed by atoms with Gasteiger partial charge in [-0.25, -0.2) is 5.90 Å². The molecule has 2 aromatic rings. The standard InChI is InChI=1S/C11H11NO/c12-13-8-9-5-6-10-3-1-2-4-11(10)7-9/h1-7H,8,12H2. The fourth-order valence-electron chi connectivity index (χ4n) is 1.42. The molecule has 2 N–H and O–H groups in total. The molecule has 0 spiro atoms. The van der Waals surface area contributed by atoms with Crippen LogP contribution >= 0.6 is 0 Å². The Balaban J connectivity index is 2.49. The molecule has 0 aliphatic carbocycles. The summed E-state index contributed by atoms with van der Waals surface area (Å²) in [6.07, 6.45) is 0. The third kappa shape index (κ3) is 1.69. The van der Waals surface area contributed by atoms with Gasteiger partial charge in [-0.1, -0.05) is 36.4 Å². The topological polar surface area (TPSA) is 35.2 Å². The van der Waals surface area contributed by atoms with E-state index in [1.165, 1.54) is 10.8 Å². The predicted molar refractivity (Wildman–Crippen MR) is 52.9 cm³/mol. The van der Waals surface area contributed by atoms with E-state index in [2.05, 4.69) is 29.1 Å². The van der Waals surface area contributed by atoms with Crippen molar-refractivity contribution >= 4 is 10.8 Å². The molecule has 66 valence electrons. The van der Waals surface area contributed by atoms with Gasteiger partial charge >= 0.3 is 0 Å². The van der Waals surface area contributed by atoms with Crippen LogP contribution < -0.4 is 5.90 Å². The molecule has 0 fully saturated rings. The molecular formula is C11H11NO. The second-order valence-corrected chi connectivity index (χ2v) is 2.99. The molecule has 2 nitrogen and oxygen atoms in total. The third-order valence-corrected chi connectivity index (χ3v) is 2.06. The van der Waals surface area contributed by atoms with Crippen LogP contribution in [0.5, 0.6) is 0 Å². The number of rotatable bonds is 2. The van der Waals surface area contributed by atoms with Crippen LogP contribution in [0, 0.1) is 0 Å². The lowest BCUT2D eigenvalue weighted by molar-refractivity contribution is 0.124. The van der Waals surface area contributed by atoms with E-state index >= 15 is 0 Å². The molecule has 0 saturated heterocycles. The van der Waals surface area contributed by atoms with Crippen molar-refractivity contribution in [3.05, 3.63) is 48.0 Å². The number of hydrogen-bond acceptors (Lipinski definition) is 2. The third-order valence-electron chi connectivity index (χ3n) is 2.06. The van der Waals surface area contributed by atoms with E-state index in [-0.39, 0.29) is 0 Å². The summed E-state index contributed by atoms with van der Waals surface area (Å²) in [5.41, 5.74) is 1.10. The van der Waals surface area contributed by atoms with Crippen molar-refractivity contribution in [2.45, 2.75) is 6.61 Å². The minimum atomic E-state index is 0.463. The van der Waals surface area contributed by atoms with Crippen LogP contribution in [0.15, 0.2) is 42.5 Å². The maximum Gasteiger partial charge on any atom is 0.0930 e. The Labute approximate surface area is 76.9 Å². The zero-order chi connectivity index (χ0) is 9.10. The summed E-state index contributed by atoms with van der Waals surface area (Å²) in [5, 5.41) is 2.46. The highest BCUT2D eigenvalue weighted by molar-refractivity contribution is 5.82. The molecule has 13 heavy (non-hydrogen) atoms. The van der Waals surface area contributed by atoms with Gasteiger partial charge in [0.1, 0.15) is 0 Å². The number of hydrogen-bond donors (Lipinski definition) is 1. The fourth-order valence-corrected chi connectivity index (χ4v) is 1.42. The Hall–Kier alpha value is -1.38. The van der Waals surface area contributed by atoms with Crippen molar-refractivity contribution in [3.8, 4) is 0 Å². The Morgan fingerprint density at radius 3 is 2.54 bits per heavy atom. The van der Waals surface area contributed by atoms with Crippen LogP contribution in [0.1, 0.15) is 5.56 Å². The predicted octanol–water partition coefficient (Wildman–Crippen LogP) is 2.23. The Morgan fingerprint density at radius 2 is 1.77 bits per heavy atom. The Morgan fingerprint density at radius 1 is 1.00 bits per heavy atom. The van der Waals surface area contributed by atoms with Crippen LogP contribution in [0.2, 0.25) is 0 Å². The molecule has 0 aromatic heterocycles. The van der Waals surface area contributed by atoms with E-state index in [9.17, 15) is 0 Å². The van der Waals surface area contributed by atoms with Crippen molar-refractivity contribution in [1.82, 2.24) is 0 Å². The molecule has 2 heteroatoms. The number of nitrogens with two attached hydrogens (primary N) is 1. The molecule has 0 atom stereocenters. The van der Waals surface area contributed by atoms with E-state index in [0.29, 0.717) is 6.61 Å². The molecule has 0 aliphatic rings. The van der Waals surface area contributed by atoms with Gasteiger partial charge in [0.15, 0.2) is 0 Å². The van der Waals surface area contributed by atoms with Crippen molar-refractivity contribution in [2.24, 2.45) is 5.90 Å². The van der Waals surface area contributed by atoms with Gasteiger partial charge < -0.3 is 0 Å². The van der Waals surface area contributed by atoms with Gasteiger partial charge in [-0.05, 0) is 22.4 Å². The first-order chi connectivity index (χ1) is 6.40. The summed E-state index contributed by atoms with van der Waals surface area (Å²) in [4.78, 5) is 4.58. The number of benzene rings is 2. The highest BCUT2D eigenvalue weighted by Gasteiger charge is 1.94. The van der Waals surface area contributed by atoms with Crippen LogP contribution in [-0.2, 0) is 11.4 Å². The number of fused-ring (bicyclic) bond motifs is 1. The van der Waals surface area contributed by atoms with Crippen LogP contribution in [-0.4, -0.2) is 0 Å². The Bertz CT molecular complexity index is 412. The van der Waals surface area contributed by atoms with Crippen molar-refractivity contribution in [2.75, 3.05) is 0 Å². The van der Waals surface area contributed by atoms with Crippen molar-refractivity contribution in [3.63, 3.8) is 0 Å². The maximum absolute atomic E-state index is 5.00. The molecule has 0 unspecified atom stereocenters. The van der Waals surface area contributed by atoms with E-state index < -0.39 is 0 Å². The molecule has 0 aliphatic heterocycles. The summed E-state index contributed by atoms with van der Waals surface area (Å²) < 4.78 is 0. The van der Waals surface area contributed by atoms with Gasteiger partial charge in [0.25, 0.3) is 0 Å². The van der Waals surface area contributed by atoms with E-state index in [1.54, 1.807) is 0 Å². The summed E-state index contributed by atoms with van der Waals surface area (Å²) in [6.45, 7) is 0.463. The second-order valence-electron chi connectivity index (χ2n) is 2.99. The van der Waals surface area contributed by atoms with E-state index in [1.807, 2.05) is 18.2 Å². The van der Waals surface area contributed by atoms with Crippen molar-refractivity contribution in [1.29, 1.82) is 0 Å². The maximum atomic E-state index is 5.00. The van der Waals surface area contributed by atoms with Gasteiger partial charge in [-0.3, -0.25) is 4.84 Å². The van der Waals surface area contributed by atoms with Gasteiger partial charge in [-0.2, -0.15) is 0 Å². The summed E-state index contributed by atoms with van der Waals surface area (Å²) in [5.74, 6) is 5.00. The molecule has 2 aromatic carbocycles. The van der Waals surface area contributed by atoms with Gasteiger partial charge in [0.05, 0.1) is 6.61 Å². The quantitative estimate of drug-likeness (QED) is 0.707. The molecule has 0 bridgehead atoms. The lowest BCUT2D eigenvalue weighted by Crippen LogP contribution is -1.98. The lowest BCUT2D eigenvalue weighted by Gasteiger charge is -2.01. The largest absolute Gasteiger partial charge is 0.300 e. The van der Waals surface area contributed by atoms with E-state index in [0.717, 1.165) is 5.56 Å². The summed E-state index contributed by atoms with van der Waals surface area (Å²) in [7, 11) is 0. The minimum absolute atomic E-state index is 0.463. The fraction of sp³-hybridized carbons (Fsp3) is 0.0909. The molecule has 0 radical (unpaired) electrons. The summed E-state index contributed by atoms with van der Waals surface area (Å²) >= 11 is 0. The monoisotopic (exact) mass is 173 g/mol. The minimum Gasteiger partial charge on any atom is -0.300 e. The molecular weight excluding hydrogens is 162 g/mol. The zero-order valence-corrected chi connectivity index (χ0v) is 7.23. The first-order valence-electron chi connectivity index (χ1n) is 4.19. The average molecular weight is 173 g/mol. The average Bonchev–Trinajstić information content (AvgIpc) is 2.18. The zero-order valence-electron chi connectivity index (χ0n) is 7.23. The normalized spacial score (nSPS) is 10.5. The van der Waals surface area contributed by atoms with Crippen LogP contribution in [0.3, 0.4) is 0 Å². The highest BCUT2D eigenvalue weighted by Crippen LogP contribution is 2.15. The first-order valence-corrected chi connectivity index (χ1v) is 4.19. The Kier molecular flexibility index (Phi) is 2.25. The molecule has 0 saturated carbocycles. The first kappa shape index (κ1) is 8.23. The van der Waals surface area contributed by atoms with Gasteiger partial charge in [-0.15, -0.1) is 0 Å². The van der Waals surface area contributed by atoms with E-state index in [4.69, 9.17) is 5.90 Å². The smallest absolute Gasteiger partial charge is 0.0930 e. The van der Waals surface area contributed by atoms with Crippen LogP contribution in [0.4, 0.5) is 0 Å². The van der Waals surface area contributed by atoms with Gasteiger partial charge in [0, 0.05) is 0 Å². The van der Waals surface area contributed by atoms with Crippen LogP contribution in [0.25, 0.3) is 10.8 Å². The highest BCUT2D eigenvalue weighted by atomic mass is 16.6. The molecule has 0 heterocycles. The van der Waals surface area contributed by atoms with Crippen molar-refractivity contribution < 1.29 is 4.84 Å². The lowest BCUT2D eigenvalue weighted by atomic mass is 10.1. The SMILES string of the molecule is NOCc1ccc2ccccc2c1. The second kappa shape index (κ2) is 3.56. The molecule has 2 rings (SSSR count).